The molecule has 1 aliphatic rings. The van der Waals surface area contributed by atoms with Crippen molar-refractivity contribution in [1.82, 2.24) is 30.6 Å². The summed E-state index contributed by atoms with van der Waals surface area (Å²) in [7, 11) is 0. The third-order valence-electron chi connectivity index (χ3n) is 7.32. The van der Waals surface area contributed by atoms with Gasteiger partial charge >= 0.3 is 12.3 Å². The van der Waals surface area contributed by atoms with E-state index >= 15 is 0 Å². The maximum Gasteiger partial charge on any atom is 0.416 e. The van der Waals surface area contributed by atoms with Crippen LogP contribution in [0.2, 0.25) is 5.02 Å². The number of alkyl halides is 3. The summed E-state index contributed by atoms with van der Waals surface area (Å²) >= 11 is 5.87. The molecule has 47 heavy (non-hydrogen) atoms. The van der Waals surface area contributed by atoms with Crippen molar-refractivity contribution in [2.45, 2.75) is 57.5 Å². The van der Waals surface area contributed by atoms with Gasteiger partial charge in [-0.25, -0.2) is 4.79 Å². The van der Waals surface area contributed by atoms with E-state index < -0.39 is 40.8 Å². The van der Waals surface area contributed by atoms with Crippen LogP contribution < -0.4 is 16.0 Å². The fraction of sp³-hybridized carbons (Fsp3) is 0.406. The van der Waals surface area contributed by atoms with E-state index in [0.717, 1.165) is 12.1 Å². The molecule has 1 saturated heterocycles. The van der Waals surface area contributed by atoms with Crippen LogP contribution in [0.25, 0.3) is 11.3 Å². The number of ether oxygens (including phenoxy) is 1. The number of likely N-dealkylation sites (tertiary alicyclic amines) is 1. The molecular weight excluding hydrogens is 641 g/mol. The summed E-state index contributed by atoms with van der Waals surface area (Å²) in [5, 5.41) is 13.0. The molecule has 0 bridgehead atoms. The number of benzene rings is 2. The minimum Gasteiger partial charge on any atom is -0.444 e. The Hall–Kier alpha value is -4.59. The Morgan fingerprint density at radius 3 is 2.26 bits per heavy atom. The van der Waals surface area contributed by atoms with Gasteiger partial charge in [0.1, 0.15) is 17.7 Å². The van der Waals surface area contributed by atoms with Crippen molar-refractivity contribution in [3.8, 4) is 11.3 Å². The van der Waals surface area contributed by atoms with Crippen LogP contribution in [0.5, 0.6) is 0 Å². The molecule has 0 spiro atoms. The highest BCUT2D eigenvalue weighted by atomic mass is 35.5. The van der Waals surface area contributed by atoms with Crippen LogP contribution >= 0.6 is 11.6 Å². The summed E-state index contributed by atoms with van der Waals surface area (Å²) in [4.78, 5) is 53.3. The molecule has 1 fully saturated rings. The largest absolute Gasteiger partial charge is 0.444 e. The molecule has 4 amide bonds. The standard InChI is InChI=1S/C32H36ClF3N6O5/c1-30(2,3)47-29(46)41-17-12-31(13-18-41,28(45)38-15-14-37-27(44)21-7-9-24(33)10-8-21)39-26(43)20-42-16-11-25(40-42)22-5-4-6-23(19-22)32(34,35)36/h4-11,16,19H,12-15,17-18,20H2,1-3H3,(H,37,44)(H,38,45)(H,39,43). The van der Waals surface area contributed by atoms with Crippen LogP contribution in [0.1, 0.15) is 49.5 Å². The molecular formula is C32H36ClF3N6O5. The van der Waals surface area contributed by atoms with Gasteiger partial charge in [-0.15, -0.1) is 0 Å². The topological polar surface area (TPSA) is 135 Å². The number of piperidine rings is 1. The lowest BCUT2D eigenvalue weighted by Crippen LogP contribution is -2.64. The average Bonchev–Trinajstić information content (AvgIpc) is 3.46. The van der Waals surface area contributed by atoms with E-state index in [-0.39, 0.29) is 62.7 Å². The summed E-state index contributed by atoms with van der Waals surface area (Å²) in [6.45, 7) is 5.32. The van der Waals surface area contributed by atoms with Gasteiger partial charge in [-0.2, -0.15) is 18.3 Å². The van der Waals surface area contributed by atoms with Crippen molar-refractivity contribution in [2.24, 2.45) is 0 Å². The lowest BCUT2D eigenvalue weighted by Gasteiger charge is -2.41. The summed E-state index contributed by atoms with van der Waals surface area (Å²) < 4.78 is 46.3. The number of hydrogen-bond acceptors (Lipinski definition) is 6. The van der Waals surface area contributed by atoms with E-state index in [0.29, 0.717) is 10.6 Å². The Morgan fingerprint density at radius 2 is 1.62 bits per heavy atom. The minimum atomic E-state index is -4.52. The van der Waals surface area contributed by atoms with Gasteiger partial charge < -0.3 is 25.6 Å². The van der Waals surface area contributed by atoms with Crippen molar-refractivity contribution >= 4 is 35.4 Å². The fourth-order valence-corrected chi connectivity index (χ4v) is 5.07. The van der Waals surface area contributed by atoms with Gasteiger partial charge in [0.25, 0.3) is 5.91 Å². The zero-order chi connectivity index (χ0) is 34.4. The molecule has 3 N–H and O–H groups in total. The molecule has 0 saturated carbocycles. The fourth-order valence-electron chi connectivity index (χ4n) is 4.94. The predicted octanol–water partition coefficient (Wildman–Crippen LogP) is 4.65. The number of nitrogens with zero attached hydrogens (tertiary/aromatic N) is 3. The van der Waals surface area contributed by atoms with Gasteiger partial charge in [0.2, 0.25) is 11.8 Å². The van der Waals surface area contributed by atoms with E-state index in [2.05, 4.69) is 21.0 Å². The molecule has 15 heteroatoms. The van der Waals surface area contributed by atoms with E-state index in [9.17, 15) is 32.3 Å². The van der Waals surface area contributed by atoms with Gasteiger partial charge in [0.05, 0.1) is 11.3 Å². The lowest BCUT2D eigenvalue weighted by molar-refractivity contribution is -0.137. The summed E-state index contributed by atoms with van der Waals surface area (Å²) in [5.74, 6) is -1.42. The lowest BCUT2D eigenvalue weighted by atomic mass is 9.86. The Balaban J connectivity index is 1.41. The zero-order valence-corrected chi connectivity index (χ0v) is 26.9. The number of aromatic nitrogens is 2. The minimum absolute atomic E-state index is 0.0606. The van der Waals surface area contributed by atoms with Crippen molar-refractivity contribution in [3.05, 3.63) is 76.9 Å². The summed E-state index contributed by atoms with van der Waals surface area (Å²) in [5.41, 5.74) is -2.07. The van der Waals surface area contributed by atoms with Gasteiger partial charge in [-0.3, -0.25) is 19.1 Å². The Bertz CT molecular complexity index is 1600. The van der Waals surface area contributed by atoms with Crippen molar-refractivity contribution < 1.29 is 37.1 Å². The highest BCUT2D eigenvalue weighted by Crippen LogP contribution is 2.32. The first-order valence-electron chi connectivity index (χ1n) is 14.9. The number of carbonyl (C=O) groups excluding carboxylic acids is 4. The average molecular weight is 677 g/mol. The SMILES string of the molecule is CC(C)(C)OC(=O)N1CCC(NC(=O)Cn2ccc(-c3cccc(C(F)(F)F)c3)n2)(C(=O)NCCNC(=O)c2ccc(Cl)cc2)CC1. The quantitative estimate of drug-likeness (QED) is 0.283. The Labute approximate surface area is 274 Å². The summed E-state index contributed by atoms with van der Waals surface area (Å²) in [6, 6.07) is 12.5. The zero-order valence-electron chi connectivity index (χ0n) is 26.1. The van der Waals surface area contributed by atoms with Crippen LogP contribution in [0, 0.1) is 0 Å². The van der Waals surface area contributed by atoms with Crippen LogP contribution in [0.3, 0.4) is 0 Å². The number of hydrogen-bond donors (Lipinski definition) is 3. The van der Waals surface area contributed by atoms with E-state index in [1.165, 1.54) is 34.0 Å². The predicted molar refractivity (Wildman–Crippen MR) is 167 cm³/mol. The number of rotatable bonds is 9. The van der Waals surface area contributed by atoms with E-state index in [1.54, 1.807) is 45.0 Å². The first kappa shape index (κ1) is 35.3. The van der Waals surface area contributed by atoms with Gasteiger partial charge in [-0.05, 0) is 76.1 Å². The third kappa shape index (κ3) is 9.70. The molecule has 1 aliphatic heterocycles. The number of amides is 4. The second-order valence-electron chi connectivity index (χ2n) is 12.1. The molecule has 1 aromatic heterocycles. The number of nitrogens with one attached hydrogen (secondary N) is 3. The van der Waals surface area contributed by atoms with Crippen molar-refractivity contribution in [1.29, 1.82) is 0 Å². The molecule has 252 valence electrons. The first-order chi connectivity index (χ1) is 22.0. The second-order valence-corrected chi connectivity index (χ2v) is 12.5. The third-order valence-corrected chi connectivity index (χ3v) is 7.57. The van der Waals surface area contributed by atoms with Crippen LogP contribution in [-0.2, 0) is 27.0 Å². The summed E-state index contributed by atoms with van der Waals surface area (Å²) in [6.07, 6.45) is -3.45. The maximum absolute atomic E-state index is 13.6. The molecule has 0 radical (unpaired) electrons. The highest BCUT2D eigenvalue weighted by Gasteiger charge is 2.44. The van der Waals surface area contributed by atoms with Crippen molar-refractivity contribution in [2.75, 3.05) is 26.2 Å². The van der Waals surface area contributed by atoms with Crippen LogP contribution in [-0.4, -0.2) is 75.8 Å². The molecule has 3 aromatic rings. The molecule has 0 unspecified atom stereocenters. The van der Waals surface area contributed by atoms with Gasteiger partial charge in [-0.1, -0.05) is 23.7 Å². The maximum atomic E-state index is 13.6. The molecule has 2 heterocycles. The monoisotopic (exact) mass is 676 g/mol. The number of carbonyl (C=O) groups is 4. The molecule has 4 rings (SSSR count). The Morgan fingerprint density at radius 1 is 0.957 bits per heavy atom. The van der Waals surface area contributed by atoms with Crippen LogP contribution in [0.4, 0.5) is 18.0 Å². The highest BCUT2D eigenvalue weighted by molar-refractivity contribution is 6.30. The second kappa shape index (κ2) is 14.4. The number of halogens is 4. The molecule has 0 aliphatic carbocycles. The smallest absolute Gasteiger partial charge is 0.416 e. The molecule has 2 aromatic carbocycles. The van der Waals surface area contributed by atoms with Gasteiger partial charge in [0.15, 0.2) is 0 Å². The normalized spacial score (nSPS) is 14.7. The van der Waals surface area contributed by atoms with E-state index in [1.807, 2.05) is 0 Å². The van der Waals surface area contributed by atoms with Gasteiger partial charge in [0, 0.05) is 48.5 Å². The van der Waals surface area contributed by atoms with Crippen LogP contribution in [0.15, 0.2) is 60.8 Å². The Kier molecular flexibility index (Phi) is 10.8. The van der Waals surface area contributed by atoms with E-state index in [4.69, 9.17) is 16.3 Å². The molecule has 0 atom stereocenters. The first-order valence-corrected chi connectivity index (χ1v) is 15.2. The molecule has 11 nitrogen and oxygen atoms in total. The van der Waals surface area contributed by atoms with Crippen molar-refractivity contribution in [3.63, 3.8) is 0 Å².